The third-order valence-electron chi connectivity index (χ3n) is 4.15. The van der Waals surface area contributed by atoms with E-state index in [0.29, 0.717) is 31.0 Å². The summed E-state index contributed by atoms with van der Waals surface area (Å²) in [5, 5.41) is 6.57. The number of rotatable bonds is 6. The van der Waals surface area contributed by atoms with Crippen LogP contribution in [0.25, 0.3) is 0 Å². The summed E-state index contributed by atoms with van der Waals surface area (Å²) >= 11 is 1.51. The molecule has 116 valence electrons. The summed E-state index contributed by atoms with van der Waals surface area (Å²) in [5.74, 6) is 0.149. The molecule has 1 aliphatic carbocycles. The van der Waals surface area contributed by atoms with Gasteiger partial charge in [-0.1, -0.05) is 19.3 Å². The minimum absolute atomic E-state index is 0.0515. The van der Waals surface area contributed by atoms with Crippen LogP contribution in [0, 0.1) is 0 Å². The first-order chi connectivity index (χ1) is 10.2. The fourth-order valence-corrected chi connectivity index (χ4v) is 3.42. The number of carbonyl (C=O) groups is 2. The van der Waals surface area contributed by atoms with Crippen molar-refractivity contribution in [2.75, 3.05) is 13.6 Å². The highest BCUT2D eigenvalue weighted by Gasteiger charge is 2.21. The number of hydrogen-bond donors (Lipinski definition) is 1. The monoisotopic (exact) mass is 308 g/mol. The van der Waals surface area contributed by atoms with Crippen LogP contribution < -0.4 is 5.32 Å². The van der Waals surface area contributed by atoms with Crippen LogP contribution in [-0.2, 0) is 4.79 Å². The van der Waals surface area contributed by atoms with Crippen molar-refractivity contribution in [1.29, 1.82) is 0 Å². The Morgan fingerprint density at radius 3 is 2.76 bits per heavy atom. The fourth-order valence-electron chi connectivity index (χ4n) is 2.79. The second kappa shape index (κ2) is 8.17. The number of carbonyl (C=O) groups excluding carboxylic acids is 2. The highest BCUT2D eigenvalue weighted by molar-refractivity contribution is 7.08. The number of thiophene rings is 1. The SMILES string of the molecule is CN(C(=O)CCCNC(=O)c1ccsc1)C1CCCCC1. The van der Waals surface area contributed by atoms with Gasteiger partial charge in [-0.2, -0.15) is 11.3 Å². The average Bonchev–Trinajstić information content (AvgIpc) is 3.05. The quantitative estimate of drug-likeness (QED) is 0.821. The normalized spacial score (nSPS) is 15.7. The van der Waals surface area contributed by atoms with Gasteiger partial charge in [0.25, 0.3) is 5.91 Å². The lowest BCUT2D eigenvalue weighted by Gasteiger charge is -2.31. The van der Waals surface area contributed by atoms with Gasteiger partial charge in [0, 0.05) is 37.0 Å². The van der Waals surface area contributed by atoms with Crippen molar-refractivity contribution in [2.24, 2.45) is 0 Å². The van der Waals surface area contributed by atoms with Gasteiger partial charge in [-0.05, 0) is 30.7 Å². The first-order valence-electron chi connectivity index (χ1n) is 7.74. The second-order valence-corrected chi connectivity index (χ2v) is 6.45. The van der Waals surface area contributed by atoms with E-state index in [1.54, 1.807) is 0 Å². The van der Waals surface area contributed by atoms with E-state index in [1.165, 1.54) is 30.6 Å². The van der Waals surface area contributed by atoms with Gasteiger partial charge in [-0.25, -0.2) is 0 Å². The summed E-state index contributed by atoms with van der Waals surface area (Å²) in [5.41, 5.74) is 0.700. The summed E-state index contributed by atoms with van der Waals surface area (Å²) in [4.78, 5) is 25.8. The Kier molecular flexibility index (Phi) is 6.23. The number of nitrogens with one attached hydrogen (secondary N) is 1. The fraction of sp³-hybridized carbons (Fsp3) is 0.625. The number of amides is 2. The molecule has 2 rings (SSSR count). The smallest absolute Gasteiger partial charge is 0.252 e. The van der Waals surface area contributed by atoms with E-state index in [-0.39, 0.29) is 11.8 Å². The maximum Gasteiger partial charge on any atom is 0.252 e. The Bertz CT molecular complexity index is 453. The molecule has 5 heteroatoms. The second-order valence-electron chi connectivity index (χ2n) is 5.67. The molecular formula is C16H24N2O2S. The summed E-state index contributed by atoms with van der Waals surface area (Å²) in [6.45, 7) is 0.554. The minimum Gasteiger partial charge on any atom is -0.352 e. The molecule has 21 heavy (non-hydrogen) atoms. The van der Waals surface area contributed by atoms with Crippen LogP contribution in [0.2, 0.25) is 0 Å². The summed E-state index contributed by atoms with van der Waals surface area (Å²) in [7, 11) is 1.92. The van der Waals surface area contributed by atoms with E-state index in [2.05, 4.69) is 5.32 Å². The molecular weight excluding hydrogens is 284 g/mol. The summed E-state index contributed by atoms with van der Waals surface area (Å²) in [6, 6.07) is 2.23. The zero-order chi connectivity index (χ0) is 15.1. The van der Waals surface area contributed by atoms with Gasteiger partial charge in [0.15, 0.2) is 0 Å². The van der Waals surface area contributed by atoms with Gasteiger partial charge in [0.05, 0.1) is 0 Å². The van der Waals surface area contributed by atoms with Crippen molar-refractivity contribution < 1.29 is 9.59 Å². The third-order valence-corrected chi connectivity index (χ3v) is 4.84. The Morgan fingerprint density at radius 1 is 1.33 bits per heavy atom. The van der Waals surface area contributed by atoms with Gasteiger partial charge in [-0.3, -0.25) is 9.59 Å². The molecule has 0 saturated heterocycles. The molecule has 4 nitrogen and oxygen atoms in total. The maximum absolute atomic E-state index is 12.1. The van der Waals surface area contributed by atoms with E-state index >= 15 is 0 Å². The van der Waals surface area contributed by atoms with Gasteiger partial charge in [0.1, 0.15) is 0 Å². The van der Waals surface area contributed by atoms with Crippen LogP contribution in [0.15, 0.2) is 16.8 Å². The molecule has 0 spiro atoms. The highest BCUT2D eigenvalue weighted by atomic mass is 32.1. The van der Waals surface area contributed by atoms with Crippen LogP contribution in [0.3, 0.4) is 0 Å². The highest BCUT2D eigenvalue weighted by Crippen LogP contribution is 2.22. The van der Waals surface area contributed by atoms with Crippen molar-refractivity contribution >= 4 is 23.2 Å². The third kappa shape index (κ3) is 4.84. The Morgan fingerprint density at radius 2 is 2.10 bits per heavy atom. The Hall–Kier alpha value is -1.36. The topological polar surface area (TPSA) is 49.4 Å². The van der Waals surface area contributed by atoms with Crippen LogP contribution in [0.4, 0.5) is 0 Å². The van der Waals surface area contributed by atoms with Crippen molar-refractivity contribution in [1.82, 2.24) is 10.2 Å². The van der Waals surface area contributed by atoms with Gasteiger partial charge < -0.3 is 10.2 Å². The molecule has 0 aromatic carbocycles. The van der Waals surface area contributed by atoms with Crippen LogP contribution in [-0.4, -0.2) is 36.3 Å². The first kappa shape index (κ1) is 16.0. The largest absolute Gasteiger partial charge is 0.352 e. The molecule has 0 bridgehead atoms. The van der Waals surface area contributed by atoms with E-state index < -0.39 is 0 Å². The van der Waals surface area contributed by atoms with E-state index in [9.17, 15) is 9.59 Å². The van der Waals surface area contributed by atoms with Crippen molar-refractivity contribution in [3.8, 4) is 0 Å². The number of hydrogen-bond acceptors (Lipinski definition) is 3. The van der Waals surface area contributed by atoms with Crippen LogP contribution in [0.1, 0.15) is 55.3 Å². The summed E-state index contributed by atoms with van der Waals surface area (Å²) < 4.78 is 0. The van der Waals surface area contributed by atoms with Gasteiger partial charge in [0.2, 0.25) is 5.91 Å². The predicted molar refractivity (Wildman–Crippen MR) is 85.5 cm³/mol. The lowest BCUT2D eigenvalue weighted by molar-refractivity contribution is -0.132. The molecule has 1 N–H and O–H groups in total. The van der Waals surface area contributed by atoms with Crippen LogP contribution >= 0.6 is 11.3 Å². The van der Waals surface area contributed by atoms with E-state index in [1.807, 2.05) is 28.8 Å². The lowest BCUT2D eigenvalue weighted by atomic mass is 9.94. The molecule has 0 radical (unpaired) electrons. The van der Waals surface area contributed by atoms with Crippen molar-refractivity contribution in [3.63, 3.8) is 0 Å². The molecule has 1 aromatic heterocycles. The molecule has 0 unspecified atom stereocenters. The zero-order valence-electron chi connectivity index (χ0n) is 12.6. The standard InChI is InChI=1S/C16H24N2O2S/c1-18(14-6-3-2-4-7-14)15(19)8-5-10-17-16(20)13-9-11-21-12-13/h9,11-12,14H,2-8,10H2,1H3,(H,17,20). The van der Waals surface area contributed by atoms with Crippen molar-refractivity contribution in [2.45, 2.75) is 51.0 Å². The van der Waals surface area contributed by atoms with Crippen molar-refractivity contribution in [3.05, 3.63) is 22.4 Å². The molecule has 0 atom stereocenters. The lowest BCUT2D eigenvalue weighted by Crippen LogP contribution is -2.38. The molecule has 1 aromatic rings. The van der Waals surface area contributed by atoms with E-state index in [4.69, 9.17) is 0 Å². The zero-order valence-corrected chi connectivity index (χ0v) is 13.5. The van der Waals surface area contributed by atoms with E-state index in [0.717, 1.165) is 12.8 Å². The van der Waals surface area contributed by atoms with Gasteiger partial charge >= 0.3 is 0 Å². The molecule has 0 aliphatic heterocycles. The Balaban J connectivity index is 1.63. The predicted octanol–water partition coefficient (Wildman–Crippen LogP) is 3.05. The Labute approximate surface area is 130 Å². The average molecular weight is 308 g/mol. The number of nitrogens with zero attached hydrogens (tertiary/aromatic N) is 1. The van der Waals surface area contributed by atoms with Gasteiger partial charge in [-0.15, -0.1) is 0 Å². The minimum atomic E-state index is -0.0515. The van der Waals surface area contributed by atoms with Crippen LogP contribution in [0.5, 0.6) is 0 Å². The molecule has 1 fully saturated rings. The molecule has 1 aliphatic rings. The maximum atomic E-state index is 12.1. The first-order valence-corrected chi connectivity index (χ1v) is 8.69. The molecule has 2 amide bonds. The molecule has 1 saturated carbocycles. The summed E-state index contributed by atoms with van der Waals surface area (Å²) in [6.07, 6.45) is 7.25. The molecule has 1 heterocycles.